The summed E-state index contributed by atoms with van der Waals surface area (Å²) in [5, 5.41) is 11.0. The lowest BCUT2D eigenvalue weighted by molar-refractivity contribution is 0.222. The van der Waals surface area contributed by atoms with Crippen LogP contribution < -0.4 is 5.73 Å². The van der Waals surface area contributed by atoms with Gasteiger partial charge in [-0.3, -0.25) is 0 Å². The monoisotopic (exact) mass is 184 g/mol. The zero-order chi connectivity index (χ0) is 10.1. The largest absolute Gasteiger partial charge is 0.367 e. The fraction of sp³-hybridized carbons (Fsp3) is 0.857. The zero-order valence-electron chi connectivity index (χ0n) is 8.52. The van der Waals surface area contributed by atoms with Gasteiger partial charge in [-0.05, 0) is 38.4 Å². The topological polar surface area (TPSA) is 72.9 Å². The van der Waals surface area contributed by atoms with E-state index >= 15 is 0 Å². The van der Waals surface area contributed by atoms with Gasteiger partial charge in [-0.1, -0.05) is 5.10 Å². The smallest absolute Gasteiger partial charge is 0.240 e. The van der Waals surface area contributed by atoms with Crippen LogP contribution in [0.5, 0.6) is 0 Å². The first-order valence-electron chi connectivity index (χ1n) is 4.12. The van der Waals surface area contributed by atoms with Crippen molar-refractivity contribution in [1.29, 1.82) is 0 Å². The van der Waals surface area contributed by atoms with Crippen LogP contribution in [0.1, 0.15) is 13.8 Å². The predicted molar refractivity (Wildman–Crippen MR) is 50.1 cm³/mol. The molecular weight excluding hydrogens is 168 g/mol. The van der Waals surface area contributed by atoms with Crippen molar-refractivity contribution in [3.05, 3.63) is 0 Å². The molecule has 0 spiro atoms. The molecule has 13 heavy (non-hydrogen) atoms. The number of hydrogen-bond acceptors (Lipinski definition) is 5. The van der Waals surface area contributed by atoms with Crippen LogP contribution in [0.2, 0.25) is 0 Å². The fourth-order valence-corrected chi connectivity index (χ4v) is 1.47. The molecule has 74 valence electrons. The second-order valence-electron chi connectivity index (χ2n) is 4.00. The van der Waals surface area contributed by atoms with Gasteiger partial charge in [0, 0.05) is 6.54 Å². The van der Waals surface area contributed by atoms with Crippen LogP contribution in [-0.2, 0) is 5.54 Å². The molecular formula is C7H16N6. The van der Waals surface area contributed by atoms with Gasteiger partial charge >= 0.3 is 0 Å². The molecule has 1 heterocycles. The Bertz CT molecular complexity index is 276. The maximum Gasteiger partial charge on any atom is 0.240 e. The van der Waals surface area contributed by atoms with E-state index in [1.165, 1.54) is 0 Å². The van der Waals surface area contributed by atoms with Crippen molar-refractivity contribution in [2.75, 3.05) is 26.4 Å². The summed E-state index contributed by atoms with van der Waals surface area (Å²) in [6.07, 6.45) is 0. The molecule has 0 aliphatic carbocycles. The molecule has 1 rings (SSSR count). The highest BCUT2D eigenvalue weighted by molar-refractivity contribution is 5.13. The van der Waals surface area contributed by atoms with Crippen LogP contribution in [0.25, 0.3) is 0 Å². The third-order valence-corrected chi connectivity index (χ3v) is 1.77. The van der Waals surface area contributed by atoms with Gasteiger partial charge in [0.2, 0.25) is 5.95 Å². The maximum atomic E-state index is 5.61. The first-order chi connectivity index (χ1) is 5.93. The van der Waals surface area contributed by atoms with Gasteiger partial charge in [0.15, 0.2) is 0 Å². The third kappa shape index (κ3) is 2.15. The second kappa shape index (κ2) is 3.29. The molecule has 0 saturated heterocycles. The molecule has 0 unspecified atom stereocenters. The Labute approximate surface area is 77.7 Å². The van der Waals surface area contributed by atoms with Gasteiger partial charge in [-0.15, -0.1) is 0 Å². The summed E-state index contributed by atoms with van der Waals surface area (Å²) in [5.74, 6) is 0.354. The number of nitrogen functional groups attached to an aromatic ring is 1. The van der Waals surface area contributed by atoms with Crippen LogP contribution >= 0.6 is 0 Å². The molecule has 0 radical (unpaired) electrons. The van der Waals surface area contributed by atoms with Gasteiger partial charge in [0.25, 0.3) is 0 Å². The lowest BCUT2D eigenvalue weighted by Gasteiger charge is -2.28. The normalized spacial score (nSPS) is 12.4. The fourth-order valence-electron chi connectivity index (χ4n) is 1.47. The standard InChI is InChI=1S/C7H16N6/c1-7(2,5-12(3)4)13-6(8)9-10-11-13/h5H2,1-4H3,(H2,8,9,11). The molecule has 0 fully saturated rings. The maximum absolute atomic E-state index is 5.61. The van der Waals surface area contributed by atoms with Crippen molar-refractivity contribution in [3.8, 4) is 0 Å². The predicted octanol–water partition coefficient (Wildman–Crippen LogP) is -0.448. The van der Waals surface area contributed by atoms with Crippen molar-refractivity contribution < 1.29 is 0 Å². The Balaban J connectivity index is 2.87. The van der Waals surface area contributed by atoms with E-state index in [4.69, 9.17) is 5.73 Å². The number of rotatable bonds is 3. The van der Waals surface area contributed by atoms with Gasteiger partial charge < -0.3 is 10.6 Å². The summed E-state index contributed by atoms with van der Waals surface area (Å²) >= 11 is 0. The van der Waals surface area contributed by atoms with Gasteiger partial charge in [0.1, 0.15) is 0 Å². The average molecular weight is 184 g/mol. The highest BCUT2D eigenvalue weighted by Crippen LogP contribution is 2.16. The quantitative estimate of drug-likeness (QED) is 0.689. The Hall–Kier alpha value is -1.17. The minimum absolute atomic E-state index is 0.183. The highest BCUT2D eigenvalue weighted by Gasteiger charge is 2.24. The lowest BCUT2D eigenvalue weighted by atomic mass is 10.1. The molecule has 0 bridgehead atoms. The third-order valence-electron chi connectivity index (χ3n) is 1.77. The van der Waals surface area contributed by atoms with Crippen LogP contribution in [0.3, 0.4) is 0 Å². The summed E-state index contributed by atoms with van der Waals surface area (Å²) in [4.78, 5) is 2.07. The minimum atomic E-state index is -0.183. The summed E-state index contributed by atoms with van der Waals surface area (Å²) in [7, 11) is 4.00. The molecule has 0 atom stereocenters. The molecule has 1 aromatic heterocycles. The Morgan fingerprint density at radius 2 is 2.08 bits per heavy atom. The van der Waals surface area contributed by atoms with E-state index in [0.717, 1.165) is 6.54 Å². The van der Waals surface area contributed by atoms with E-state index in [1.54, 1.807) is 4.68 Å². The number of nitrogens with zero attached hydrogens (tertiary/aromatic N) is 5. The highest BCUT2D eigenvalue weighted by atomic mass is 15.6. The van der Waals surface area contributed by atoms with E-state index < -0.39 is 0 Å². The van der Waals surface area contributed by atoms with Crippen LogP contribution in [0.15, 0.2) is 0 Å². The molecule has 6 nitrogen and oxygen atoms in total. The molecule has 1 aromatic rings. The van der Waals surface area contributed by atoms with E-state index in [-0.39, 0.29) is 5.54 Å². The SMILES string of the molecule is CN(C)CC(C)(C)n1nnnc1N. The molecule has 0 aromatic carbocycles. The number of tetrazole rings is 1. The van der Waals surface area contributed by atoms with Crippen LogP contribution in [-0.4, -0.2) is 45.7 Å². The Morgan fingerprint density at radius 3 is 2.46 bits per heavy atom. The summed E-state index contributed by atoms with van der Waals surface area (Å²) in [6.45, 7) is 4.92. The van der Waals surface area contributed by atoms with Gasteiger partial charge in [-0.2, -0.15) is 0 Å². The van der Waals surface area contributed by atoms with E-state index in [1.807, 2.05) is 27.9 Å². The number of anilines is 1. The van der Waals surface area contributed by atoms with Gasteiger partial charge in [0.05, 0.1) is 5.54 Å². The number of nitrogens with two attached hydrogens (primary N) is 1. The molecule has 0 aliphatic heterocycles. The summed E-state index contributed by atoms with van der Waals surface area (Å²) in [5.41, 5.74) is 5.43. The molecule has 2 N–H and O–H groups in total. The average Bonchev–Trinajstić information content (AvgIpc) is 2.32. The van der Waals surface area contributed by atoms with E-state index in [9.17, 15) is 0 Å². The molecule has 0 aliphatic rings. The second-order valence-corrected chi connectivity index (χ2v) is 4.00. The first-order valence-corrected chi connectivity index (χ1v) is 4.12. The lowest BCUT2D eigenvalue weighted by Crippen LogP contribution is -2.39. The van der Waals surface area contributed by atoms with Gasteiger partial charge in [-0.25, -0.2) is 4.68 Å². The zero-order valence-corrected chi connectivity index (χ0v) is 8.52. The summed E-state index contributed by atoms with van der Waals surface area (Å²) in [6, 6.07) is 0. The van der Waals surface area contributed by atoms with Crippen LogP contribution in [0, 0.1) is 0 Å². The van der Waals surface area contributed by atoms with E-state index in [2.05, 4.69) is 20.4 Å². The minimum Gasteiger partial charge on any atom is -0.367 e. The van der Waals surface area contributed by atoms with Crippen molar-refractivity contribution in [2.45, 2.75) is 19.4 Å². The summed E-state index contributed by atoms with van der Waals surface area (Å²) < 4.78 is 1.63. The Kier molecular flexibility index (Phi) is 2.51. The molecule has 0 saturated carbocycles. The van der Waals surface area contributed by atoms with Crippen molar-refractivity contribution in [3.63, 3.8) is 0 Å². The number of hydrogen-bond donors (Lipinski definition) is 1. The first kappa shape index (κ1) is 9.91. The molecule has 6 heteroatoms. The van der Waals surface area contributed by atoms with Crippen molar-refractivity contribution in [1.82, 2.24) is 25.1 Å². The van der Waals surface area contributed by atoms with E-state index in [0.29, 0.717) is 5.95 Å². The van der Waals surface area contributed by atoms with Crippen LogP contribution in [0.4, 0.5) is 5.95 Å². The molecule has 0 amide bonds. The Morgan fingerprint density at radius 1 is 1.46 bits per heavy atom. The van der Waals surface area contributed by atoms with Crippen molar-refractivity contribution >= 4 is 5.95 Å². The number of likely N-dealkylation sites (N-methyl/N-ethyl adjacent to an activating group) is 1. The number of aromatic nitrogens is 4. The van der Waals surface area contributed by atoms with Crippen molar-refractivity contribution in [2.24, 2.45) is 0 Å².